The number of ether oxygens (including phenoxy) is 1. The molecule has 0 radical (unpaired) electrons. The van der Waals surface area contributed by atoms with Crippen LogP contribution in [0.15, 0.2) is 83.8 Å². The molecular weight excluding hydrogens is 550 g/mol. The molecule has 3 aromatic carbocycles. The van der Waals surface area contributed by atoms with Gasteiger partial charge in [0.1, 0.15) is 18.3 Å². The Balaban J connectivity index is 2.10. The first-order valence-corrected chi connectivity index (χ1v) is 15.0. The van der Waals surface area contributed by atoms with Crippen LogP contribution in [0, 0.1) is 0 Å². The molecule has 0 bridgehead atoms. The highest BCUT2D eigenvalue weighted by Gasteiger charge is 2.34. The standard InChI is InChI=1S/C30H36ClN3O5S/c1-5-26(30(36)32-22(3)4)33(20-23-12-8-7-9-13-23)29(35)21-34(27-14-10-11-15-28(27)39-6-2)40(37,38)25-18-16-24(31)17-19-25/h7-19,22,26H,5-6,20-21H2,1-4H3,(H,32,36)/t26-/m0/s1. The molecule has 2 amide bonds. The third kappa shape index (κ3) is 7.76. The van der Waals surface area contributed by atoms with Crippen molar-refractivity contribution in [1.82, 2.24) is 10.2 Å². The van der Waals surface area contributed by atoms with E-state index in [0.717, 1.165) is 9.87 Å². The third-order valence-electron chi connectivity index (χ3n) is 6.13. The zero-order valence-corrected chi connectivity index (χ0v) is 24.8. The van der Waals surface area contributed by atoms with Gasteiger partial charge in [0, 0.05) is 17.6 Å². The Bertz CT molecular complexity index is 1380. The summed E-state index contributed by atoms with van der Waals surface area (Å²) in [7, 11) is -4.24. The van der Waals surface area contributed by atoms with Crippen LogP contribution >= 0.6 is 11.6 Å². The monoisotopic (exact) mass is 585 g/mol. The van der Waals surface area contributed by atoms with Crippen molar-refractivity contribution in [3.8, 4) is 5.75 Å². The summed E-state index contributed by atoms with van der Waals surface area (Å²) >= 11 is 6.02. The lowest BCUT2D eigenvalue weighted by Gasteiger charge is -2.34. The van der Waals surface area contributed by atoms with Crippen LogP contribution in [0.4, 0.5) is 5.69 Å². The molecule has 1 atom stereocenters. The molecule has 0 fully saturated rings. The van der Waals surface area contributed by atoms with E-state index < -0.39 is 28.5 Å². The first-order chi connectivity index (χ1) is 19.1. The van der Waals surface area contributed by atoms with E-state index in [9.17, 15) is 18.0 Å². The Morgan fingerprint density at radius 2 is 1.55 bits per heavy atom. The van der Waals surface area contributed by atoms with E-state index in [2.05, 4.69) is 5.32 Å². The molecule has 0 aliphatic rings. The van der Waals surface area contributed by atoms with Crippen LogP contribution in [0.5, 0.6) is 5.75 Å². The number of rotatable bonds is 13. The lowest BCUT2D eigenvalue weighted by atomic mass is 10.1. The maximum absolute atomic E-state index is 14.1. The molecule has 3 rings (SSSR count). The van der Waals surface area contributed by atoms with Crippen molar-refractivity contribution in [2.24, 2.45) is 0 Å². The smallest absolute Gasteiger partial charge is 0.264 e. The summed E-state index contributed by atoms with van der Waals surface area (Å²) in [5.41, 5.74) is 1.03. The average molecular weight is 586 g/mol. The number of halogens is 1. The number of nitrogens with zero attached hydrogens (tertiary/aromatic N) is 2. The molecule has 0 aliphatic carbocycles. The quantitative estimate of drug-likeness (QED) is 0.295. The second-order valence-corrected chi connectivity index (χ2v) is 11.8. The molecule has 0 unspecified atom stereocenters. The van der Waals surface area contributed by atoms with Gasteiger partial charge >= 0.3 is 0 Å². The van der Waals surface area contributed by atoms with Gasteiger partial charge in [-0.2, -0.15) is 0 Å². The van der Waals surface area contributed by atoms with Gasteiger partial charge in [-0.15, -0.1) is 0 Å². The topological polar surface area (TPSA) is 96.0 Å². The molecular formula is C30H36ClN3O5S. The molecule has 40 heavy (non-hydrogen) atoms. The summed E-state index contributed by atoms with van der Waals surface area (Å²) in [6, 6.07) is 20.8. The van der Waals surface area contributed by atoms with Gasteiger partial charge < -0.3 is 15.0 Å². The number of amides is 2. The van der Waals surface area contributed by atoms with Gasteiger partial charge in [-0.25, -0.2) is 8.42 Å². The minimum absolute atomic E-state index is 0.0322. The molecule has 0 spiro atoms. The van der Waals surface area contributed by atoms with E-state index >= 15 is 0 Å². The summed E-state index contributed by atoms with van der Waals surface area (Å²) in [4.78, 5) is 28.7. The van der Waals surface area contributed by atoms with Crippen molar-refractivity contribution in [2.75, 3.05) is 17.5 Å². The summed E-state index contributed by atoms with van der Waals surface area (Å²) < 4.78 is 34.8. The van der Waals surface area contributed by atoms with Crippen molar-refractivity contribution >= 4 is 39.1 Å². The van der Waals surface area contributed by atoms with E-state index in [4.69, 9.17) is 16.3 Å². The minimum atomic E-state index is -4.24. The number of carbonyl (C=O) groups is 2. The predicted molar refractivity (Wildman–Crippen MR) is 158 cm³/mol. The van der Waals surface area contributed by atoms with Gasteiger partial charge in [-0.05, 0) is 69.2 Å². The van der Waals surface area contributed by atoms with Crippen LogP contribution in [-0.2, 0) is 26.2 Å². The molecule has 8 nitrogen and oxygen atoms in total. The molecule has 3 aromatic rings. The zero-order chi connectivity index (χ0) is 29.3. The first kappa shape index (κ1) is 31.0. The van der Waals surface area contributed by atoms with E-state index in [1.54, 1.807) is 31.2 Å². The second kappa shape index (κ2) is 14.2. The number of para-hydroxylation sites is 2. The number of hydrogen-bond donors (Lipinski definition) is 1. The molecule has 0 saturated heterocycles. The summed E-state index contributed by atoms with van der Waals surface area (Å²) in [5, 5.41) is 3.27. The largest absolute Gasteiger partial charge is 0.492 e. The van der Waals surface area contributed by atoms with Crippen LogP contribution in [0.1, 0.15) is 39.7 Å². The number of nitrogens with one attached hydrogen (secondary N) is 1. The highest BCUT2D eigenvalue weighted by atomic mass is 35.5. The van der Waals surface area contributed by atoms with Crippen LogP contribution in [0.2, 0.25) is 5.02 Å². The van der Waals surface area contributed by atoms with Gasteiger partial charge in [-0.1, -0.05) is 61.0 Å². The van der Waals surface area contributed by atoms with Crippen LogP contribution in [0.3, 0.4) is 0 Å². The highest BCUT2D eigenvalue weighted by molar-refractivity contribution is 7.92. The van der Waals surface area contributed by atoms with Crippen molar-refractivity contribution in [3.63, 3.8) is 0 Å². The van der Waals surface area contributed by atoms with Crippen molar-refractivity contribution in [2.45, 2.75) is 57.6 Å². The Labute approximate surface area is 241 Å². The van der Waals surface area contributed by atoms with Gasteiger partial charge in [0.05, 0.1) is 17.2 Å². The summed E-state index contributed by atoms with van der Waals surface area (Å²) in [6.45, 7) is 7.19. The highest BCUT2D eigenvalue weighted by Crippen LogP contribution is 2.33. The van der Waals surface area contributed by atoms with Gasteiger partial charge in [0.15, 0.2) is 0 Å². The van der Waals surface area contributed by atoms with Crippen molar-refractivity contribution in [1.29, 1.82) is 0 Å². The molecule has 0 aliphatic heterocycles. The molecule has 0 saturated carbocycles. The van der Waals surface area contributed by atoms with Crippen LogP contribution in [0.25, 0.3) is 0 Å². The van der Waals surface area contributed by atoms with Crippen LogP contribution < -0.4 is 14.4 Å². The molecule has 0 heterocycles. The predicted octanol–water partition coefficient (Wildman–Crippen LogP) is 5.27. The Morgan fingerprint density at radius 3 is 2.15 bits per heavy atom. The first-order valence-electron chi connectivity index (χ1n) is 13.2. The Kier molecular flexibility index (Phi) is 11.0. The fourth-order valence-electron chi connectivity index (χ4n) is 4.27. The van der Waals surface area contributed by atoms with Crippen molar-refractivity contribution < 1.29 is 22.7 Å². The summed E-state index contributed by atoms with van der Waals surface area (Å²) in [6.07, 6.45) is 0.344. The number of carbonyl (C=O) groups excluding carboxylic acids is 2. The van der Waals surface area contributed by atoms with Gasteiger partial charge in [0.2, 0.25) is 11.8 Å². The molecule has 1 N–H and O–H groups in total. The summed E-state index contributed by atoms with van der Waals surface area (Å²) in [5.74, 6) is -0.517. The zero-order valence-electron chi connectivity index (χ0n) is 23.2. The third-order valence-corrected chi connectivity index (χ3v) is 8.15. The fourth-order valence-corrected chi connectivity index (χ4v) is 5.82. The van der Waals surface area contributed by atoms with E-state index in [1.807, 2.05) is 51.1 Å². The molecule has 214 valence electrons. The molecule has 0 aromatic heterocycles. The Morgan fingerprint density at radius 1 is 0.925 bits per heavy atom. The normalized spacial score (nSPS) is 12.1. The number of sulfonamides is 1. The second-order valence-electron chi connectivity index (χ2n) is 9.46. The lowest BCUT2D eigenvalue weighted by Crippen LogP contribution is -2.53. The average Bonchev–Trinajstić information content (AvgIpc) is 2.92. The number of anilines is 1. The van der Waals surface area contributed by atoms with Gasteiger partial charge in [0.25, 0.3) is 10.0 Å². The number of hydrogen-bond acceptors (Lipinski definition) is 5. The van der Waals surface area contributed by atoms with Gasteiger partial charge in [-0.3, -0.25) is 13.9 Å². The van der Waals surface area contributed by atoms with E-state index in [-0.39, 0.29) is 29.1 Å². The van der Waals surface area contributed by atoms with Crippen LogP contribution in [-0.4, -0.2) is 50.4 Å². The maximum atomic E-state index is 14.1. The lowest BCUT2D eigenvalue weighted by molar-refractivity contribution is -0.140. The number of benzene rings is 3. The maximum Gasteiger partial charge on any atom is 0.264 e. The van der Waals surface area contributed by atoms with E-state index in [1.165, 1.54) is 29.2 Å². The van der Waals surface area contributed by atoms with Crippen molar-refractivity contribution in [3.05, 3.63) is 89.4 Å². The minimum Gasteiger partial charge on any atom is -0.492 e. The molecule has 10 heteroatoms. The Hall–Kier alpha value is -3.56. The SMILES string of the molecule is CCOc1ccccc1N(CC(=O)N(Cc1ccccc1)[C@@H](CC)C(=O)NC(C)C)S(=O)(=O)c1ccc(Cl)cc1. The van der Waals surface area contributed by atoms with E-state index in [0.29, 0.717) is 23.8 Å². The fraction of sp³-hybridized carbons (Fsp3) is 0.333.